The van der Waals surface area contributed by atoms with Gasteiger partial charge >= 0.3 is 0 Å². The average Bonchev–Trinajstić information content (AvgIpc) is 3.20. The Kier molecular flexibility index (Phi) is 6.59. The minimum Gasteiger partial charge on any atom is -0.323 e. The van der Waals surface area contributed by atoms with Crippen LogP contribution in [0.4, 0.5) is 10.1 Å². The van der Waals surface area contributed by atoms with Crippen molar-refractivity contribution < 1.29 is 17.6 Å². The van der Waals surface area contributed by atoms with E-state index in [2.05, 4.69) is 10.4 Å². The van der Waals surface area contributed by atoms with Crippen LogP contribution in [0.3, 0.4) is 0 Å². The number of rotatable bonds is 6. The van der Waals surface area contributed by atoms with Crippen molar-refractivity contribution in [1.82, 2.24) is 14.1 Å². The van der Waals surface area contributed by atoms with Gasteiger partial charge in [-0.05, 0) is 54.8 Å². The first kappa shape index (κ1) is 22.4. The molecule has 1 aliphatic rings. The smallest absolute Gasteiger partial charge is 0.243 e. The first-order valence-electron chi connectivity index (χ1n) is 10.1. The van der Waals surface area contributed by atoms with Gasteiger partial charge in [-0.2, -0.15) is 9.40 Å². The fourth-order valence-corrected chi connectivity index (χ4v) is 5.29. The predicted octanol–water partition coefficient (Wildman–Crippen LogP) is 3.76. The van der Waals surface area contributed by atoms with Crippen LogP contribution in [-0.2, 0) is 21.4 Å². The van der Waals surface area contributed by atoms with Crippen LogP contribution in [0, 0.1) is 11.7 Å². The molecule has 0 unspecified atom stereocenters. The molecule has 168 valence electrons. The van der Waals surface area contributed by atoms with E-state index in [-0.39, 0.29) is 35.6 Å². The summed E-state index contributed by atoms with van der Waals surface area (Å²) in [6.07, 6.45) is 4.08. The molecule has 0 bridgehead atoms. The minimum absolute atomic E-state index is 0.168. The lowest BCUT2D eigenvalue weighted by Gasteiger charge is -2.30. The molecule has 10 heteroatoms. The summed E-state index contributed by atoms with van der Waals surface area (Å²) in [5.41, 5.74) is 1.31. The molecule has 1 N–H and O–H groups in total. The van der Waals surface area contributed by atoms with Crippen molar-refractivity contribution in [3.8, 4) is 0 Å². The highest BCUT2D eigenvalue weighted by atomic mass is 35.5. The van der Waals surface area contributed by atoms with E-state index < -0.39 is 10.0 Å². The standard InChI is InChI=1S/C22H22ClFN4O3S/c23-18-4-6-21(7-5-18)32(30,31)28-10-8-17(9-11-28)22(29)26-20-13-25-27(15-20)14-16-2-1-3-19(24)12-16/h1-7,12-13,15,17H,8-11,14H2,(H,26,29). The molecule has 32 heavy (non-hydrogen) atoms. The van der Waals surface area contributed by atoms with Gasteiger partial charge in [-0.3, -0.25) is 9.48 Å². The molecule has 4 rings (SSSR count). The lowest BCUT2D eigenvalue weighted by atomic mass is 9.97. The summed E-state index contributed by atoms with van der Waals surface area (Å²) in [7, 11) is -3.61. The largest absolute Gasteiger partial charge is 0.323 e. The summed E-state index contributed by atoms with van der Waals surface area (Å²) in [5.74, 6) is -0.773. The fraction of sp³-hybridized carbons (Fsp3) is 0.273. The van der Waals surface area contributed by atoms with E-state index in [0.717, 1.165) is 5.56 Å². The minimum atomic E-state index is -3.61. The Hall–Kier alpha value is -2.75. The number of aromatic nitrogens is 2. The van der Waals surface area contributed by atoms with Crippen LogP contribution < -0.4 is 5.32 Å². The number of amides is 1. The van der Waals surface area contributed by atoms with Gasteiger partial charge in [0, 0.05) is 30.2 Å². The Balaban J connectivity index is 1.32. The Labute approximate surface area is 190 Å². The molecule has 0 radical (unpaired) electrons. The third-order valence-corrected chi connectivity index (χ3v) is 7.58. The molecular weight excluding hydrogens is 455 g/mol. The van der Waals surface area contributed by atoms with Crippen LogP contribution in [0.5, 0.6) is 0 Å². The highest BCUT2D eigenvalue weighted by Crippen LogP contribution is 2.25. The Bertz CT molecular complexity index is 1210. The van der Waals surface area contributed by atoms with Crippen LogP contribution in [0.15, 0.2) is 65.8 Å². The molecule has 0 aliphatic carbocycles. The zero-order chi connectivity index (χ0) is 22.7. The highest BCUT2D eigenvalue weighted by Gasteiger charge is 2.32. The fourth-order valence-electron chi connectivity index (χ4n) is 3.70. The van der Waals surface area contributed by atoms with E-state index in [9.17, 15) is 17.6 Å². The molecule has 1 aliphatic heterocycles. The van der Waals surface area contributed by atoms with E-state index in [1.54, 1.807) is 35.1 Å². The topological polar surface area (TPSA) is 84.3 Å². The zero-order valence-electron chi connectivity index (χ0n) is 17.1. The van der Waals surface area contributed by atoms with Gasteiger partial charge in [-0.15, -0.1) is 0 Å². The summed E-state index contributed by atoms with van der Waals surface area (Å²) >= 11 is 5.84. The number of hydrogen-bond acceptors (Lipinski definition) is 4. The number of carbonyl (C=O) groups is 1. The quantitative estimate of drug-likeness (QED) is 0.587. The Morgan fingerprint density at radius 1 is 1.16 bits per heavy atom. The van der Waals surface area contributed by atoms with E-state index >= 15 is 0 Å². The first-order valence-corrected chi connectivity index (χ1v) is 12.0. The Morgan fingerprint density at radius 3 is 2.56 bits per heavy atom. The molecule has 1 saturated heterocycles. The predicted molar refractivity (Wildman–Crippen MR) is 119 cm³/mol. The monoisotopic (exact) mass is 476 g/mol. The number of halogens is 2. The summed E-state index contributed by atoms with van der Waals surface area (Å²) in [6.45, 7) is 0.915. The highest BCUT2D eigenvalue weighted by molar-refractivity contribution is 7.89. The molecule has 0 spiro atoms. The normalized spacial score (nSPS) is 15.6. The summed E-state index contributed by atoms with van der Waals surface area (Å²) in [6, 6.07) is 12.3. The van der Waals surface area contributed by atoms with E-state index in [0.29, 0.717) is 30.1 Å². The van der Waals surface area contributed by atoms with Gasteiger partial charge in [-0.1, -0.05) is 23.7 Å². The van der Waals surface area contributed by atoms with Crippen molar-refractivity contribution >= 4 is 33.2 Å². The number of sulfonamides is 1. The van der Waals surface area contributed by atoms with Gasteiger partial charge in [0.1, 0.15) is 5.82 Å². The van der Waals surface area contributed by atoms with E-state index in [1.807, 2.05) is 0 Å². The molecule has 0 saturated carbocycles. The van der Waals surface area contributed by atoms with Gasteiger partial charge < -0.3 is 5.32 Å². The third kappa shape index (κ3) is 5.17. The first-order chi connectivity index (χ1) is 15.3. The second-order valence-electron chi connectivity index (χ2n) is 7.68. The van der Waals surface area contributed by atoms with Crippen LogP contribution in [0.1, 0.15) is 18.4 Å². The number of nitrogens with one attached hydrogen (secondary N) is 1. The molecular formula is C22H22ClFN4O3S. The number of benzene rings is 2. The molecule has 0 atom stereocenters. The van der Waals surface area contributed by atoms with Gasteiger partial charge in [0.15, 0.2) is 0 Å². The Morgan fingerprint density at radius 2 is 1.88 bits per heavy atom. The molecule has 1 aromatic heterocycles. The molecule has 1 amide bonds. The SMILES string of the molecule is O=C(Nc1cnn(Cc2cccc(F)c2)c1)C1CCN(S(=O)(=O)c2ccc(Cl)cc2)CC1. The average molecular weight is 477 g/mol. The maximum absolute atomic E-state index is 13.3. The van der Waals surface area contributed by atoms with Crippen molar-refractivity contribution in [2.45, 2.75) is 24.3 Å². The van der Waals surface area contributed by atoms with Gasteiger partial charge in [-0.25, -0.2) is 12.8 Å². The number of hydrogen-bond donors (Lipinski definition) is 1. The number of piperidine rings is 1. The summed E-state index contributed by atoms with van der Waals surface area (Å²) < 4.78 is 41.9. The van der Waals surface area contributed by atoms with Crippen molar-refractivity contribution in [1.29, 1.82) is 0 Å². The van der Waals surface area contributed by atoms with Crippen molar-refractivity contribution in [2.75, 3.05) is 18.4 Å². The van der Waals surface area contributed by atoms with E-state index in [1.165, 1.54) is 34.8 Å². The van der Waals surface area contributed by atoms with Crippen molar-refractivity contribution in [3.05, 3.63) is 77.3 Å². The molecule has 2 heterocycles. The number of carbonyl (C=O) groups excluding carboxylic acids is 1. The number of anilines is 1. The molecule has 3 aromatic rings. The summed E-state index contributed by atoms with van der Waals surface area (Å²) in [5, 5.41) is 7.52. The lowest BCUT2D eigenvalue weighted by molar-refractivity contribution is -0.120. The summed E-state index contributed by atoms with van der Waals surface area (Å²) in [4.78, 5) is 12.9. The van der Waals surface area contributed by atoms with Gasteiger partial charge in [0.05, 0.1) is 23.3 Å². The molecule has 2 aromatic carbocycles. The van der Waals surface area contributed by atoms with Gasteiger partial charge in [0.25, 0.3) is 0 Å². The van der Waals surface area contributed by atoms with Crippen LogP contribution in [0.2, 0.25) is 5.02 Å². The lowest BCUT2D eigenvalue weighted by Crippen LogP contribution is -2.41. The zero-order valence-corrected chi connectivity index (χ0v) is 18.7. The van der Waals surface area contributed by atoms with Crippen LogP contribution in [0.25, 0.3) is 0 Å². The third-order valence-electron chi connectivity index (χ3n) is 5.41. The second kappa shape index (κ2) is 9.40. The van der Waals surface area contributed by atoms with Crippen LogP contribution >= 0.6 is 11.6 Å². The van der Waals surface area contributed by atoms with Crippen molar-refractivity contribution in [3.63, 3.8) is 0 Å². The maximum Gasteiger partial charge on any atom is 0.243 e. The molecule has 7 nitrogen and oxygen atoms in total. The second-order valence-corrected chi connectivity index (χ2v) is 10.1. The molecule has 1 fully saturated rings. The van der Waals surface area contributed by atoms with E-state index in [4.69, 9.17) is 11.6 Å². The number of nitrogens with zero attached hydrogens (tertiary/aromatic N) is 3. The van der Waals surface area contributed by atoms with Crippen molar-refractivity contribution in [2.24, 2.45) is 5.92 Å². The van der Waals surface area contributed by atoms with Gasteiger partial charge in [0.2, 0.25) is 15.9 Å². The van der Waals surface area contributed by atoms with Crippen LogP contribution in [-0.4, -0.2) is 41.5 Å². The maximum atomic E-state index is 13.3.